The molecule has 0 fully saturated rings. The van der Waals surface area contributed by atoms with Gasteiger partial charge >= 0.3 is 0 Å². The summed E-state index contributed by atoms with van der Waals surface area (Å²) in [5, 5.41) is 10.9. The van der Waals surface area contributed by atoms with Crippen molar-refractivity contribution in [1.82, 2.24) is 9.55 Å². The van der Waals surface area contributed by atoms with E-state index >= 15 is 0 Å². The molecule has 0 aliphatic rings. The summed E-state index contributed by atoms with van der Waals surface area (Å²) in [5.74, 6) is 0. The summed E-state index contributed by atoms with van der Waals surface area (Å²) in [6.07, 6.45) is 5.22. The van der Waals surface area contributed by atoms with Crippen LogP contribution in [0.15, 0.2) is 90.1 Å². The highest BCUT2D eigenvalue weighted by Crippen LogP contribution is 2.34. The molecule has 166 valence electrons. The molecule has 0 aliphatic carbocycles. The fourth-order valence-electron chi connectivity index (χ4n) is 4.23. The minimum Gasteiger partial charge on any atom is -0.390 e. The van der Waals surface area contributed by atoms with Crippen LogP contribution >= 0.6 is 0 Å². The normalized spacial score (nSPS) is 13.8. The van der Waals surface area contributed by atoms with E-state index in [1.165, 1.54) is 0 Å². The highest BCUT2D eigenvalue weighted by atomic mass is 32.2. The van der Waals surface area contributed by atoms with E-state index in [-0.39, 0.29) is 4.90 Å². The topological polar surface area (TPSA) is 72.2 Å². The summed E-state index contributed by atoms with van der Waals surface area (Å²) in [4.78, 5) is 4.62. The molecule has 2 atom stereocenters. The molecule has 0 aliphatic heterocycles. The Morgan fingerprint density at radius 1 is 0.938 bits per heavy atom. The zero-order valence-corrected chi connectivity index (χ0v) is 18.9. The second kappa shape index (κ2) is 9.67. The van der Waals surface area contributed by atoms with Crippen LogP contribution < -0.4 is 0 Å². The van der Waals surface area contributed by atoms with Crippen molar-refractivity contribution in [1.29, 1.82) is 0 Å². The molecule has 0 saturated heterocycles. The summed E-state index contributed by atoms with van der Waals surface area (Å²) >= 11 is 0. The van der Waals surface area contributed by atoms with E-state index in [9.17, 15) is 13.5 Å². The van der Waals surface area contributed by atoms with E-state index in [1.807, 2.05) is 55.6 Å². The molecule has 4 aromatic rings. The molecule has 0 spiro atoms. The van der Waals surface area contributed by atoms with E-state index in [1.54, 1.807) is 41.1 Å². The number of pyridine rings is 1. The van der Waals surface area contributed by atoms with Gasteiger partial charge < -0.3 is 9.67 Å². The first kappa shape index (κ1) is 22.2. The molecule has 0 radical (unpaired) electrons. The van der Waals surface area contributed by atoms with Crippen molar-refractivity contribution in [2.24, 2.45) is 0 Å². The van der Waals surface area contributed by atoms with Gasteiger partial charge in [-0.3, -0.25) is 4.98 Å². The minimum absolute atomic E-state index is 0.216. The lowest BCUT2D eigenvalue weighted by atomic mass is 10.1. The van der Waals surface area contributed by atoms with Crippen LogP contribution in [0.4, 0.5) is 0 Å². The Kier molecular flexibility index (Phi) is 6.72. The summed E-state index contributed by atoms with van der Waals surface area (Å²) in [5.41, 5.74) is 2.84. The Morgan fingerprint density at radius 3 is 2.38 bits per heavy atom. The summed E-state index contributed by atoms with van der Waals surface area (Å²) in [6.45, 7) is 1.95. The van der Waals surface area contributed by atoms with Gasteiger partial charge in [0.05, 0.1) is 11.0 Å². The first-order valence-electron chi connectivity index (χ1n) is 11.0. The van der Waals surface area contributed by atoms with Crippen molar-refractivity contribution in [3.8, 4) is 0 Å². The van der Waals surface area contributed by atoms with Gasteiger partial charge in [0.1, 0.15) is 0 Å². The number of aliphatic hydroxyl groups is 1. The molecular formula is C26H28N2O3S. The van der Waals surface area contributed by atoms with Crippen LogP contribution in [0.5, 0.6) is 0 Å². The molecule has 2 unspecified atom stereocenters. The third-order valence-corrected chi connectivity index (χ3v) is 7.88. The number of aliphatic hydroxyl groups excluding tert-OH is 1. The van der Waals surface area contributed by atoms with Crippen LogP contribution in [0.2, 0.25) is 0 Å². The predicted octanol–water partition coefficient (Wildman–Crippen LogP) is 4.96. The van der Waals surface area contributed by atoms with Gasteiger partial charge in [0.25, 0.3) is 0 Å². The first-order chi connectivity index (χ1) is 15.5. The number of aromatic nitrogens is 2. The maximum atomic E-state index is 13.7. The van der Waals surface area contributed by atoms with Gasteiger partial charge in [-0.15, -0.1) is 0 Å². The number of nitrogens with zero attached hydrogens (tertiary/aromatic N) is 2. The van der Waals surface area contributed by atoms with Crippen molar-refractivity contribution in [3.63, 3.8) is 0 Å². The van der Waals surface area contributed by atoms with Crippen molar-refractivity contribution in [2.75, 3.05) is 0 Å². The Bertz CT molecular complexity index is 1270. The second-order valence-corrected chi connectivity index (χ2v) is 10.0. The monoisotopic (exact) mass is 448 g/mol. The second-order valence-electron chi connectivity index (χ2n) is 8.00. The fraction of sp³-hybridized carbons (Fsp3) is 0.269. The third kappa shape index (κ3) is 4.47. The number of para-hydroxylation sites is 1. The Balaban J connectivity index is 1.81. The molecule has 2 heterocycles. The molecule has 4 rings (SSSR count). The Morgan fingerprint density at radius 2 is 1.66 bits per heavy atom. The average molecular weight is 449 g/mol. The molecule has 2 aromatic heterocycles. The zero-order chi connectivity index (χ0) is 22.6. The number of sulfone groups is 1. The van der Waals surface area contributed by atoms with E-state index in [4.69, 9.17) is 0 Å². The molecule has 5 nitrogen and oxygen atoms in total. The van der Waals surface area contributed by atoms with Crippen LogP contribution in [0.1, 0.15) is 36.4 Å². The number of aryl methyl sites for hydroxylation is 2. The van der Waals surface area contributed by atoms with Crippen LogP contribution in [0, 0.1) is 0 Å². The van der Waals surface area contributed by atoms with Gasteiger partial charge in [-0.1, -0.05) is 55.8 Å². The standard InChI is InChI=1S/C26H28N2O3S/c1-2-10-25(29)26(32(30,31)22-12-4-3-5-13-22)28-19-20(23-14-6-7-15-24(23)28)16-17-21-11-8-9-18-27-21/h3-9,11-15,18-19,25-26,29H,2,10,16-17H2,1H3. The molecule has 0 saturated carbocycles. The van der Waals surface area contributed by atoms with Gasteiger partial charge in [-0.05, 0) is 55.2 Å². The largest absolute Gasteiger partial charge is 0.390 e. The van der Waals surface area contributed by atoms with Crippen LogP contribution in [-0.4, -0.2) is 29.2 Å². The quantitative estimate of drug-likeness (QED) is 0.393. The average Bonchev–Trinajstić information content (AvgIpc) is 3.17. The lowest BCUT2D eigenvalue weighted by molar-refractivity contribution is 0.136. The predicted molar refractivity (Wildman–Crippen MR) is 127 cm³/mol. The van der Waals surface area contributed by atoms with Crippen LogP contribution in [-0.2, 0) is 22.7 Å². The van der Waals surface area contributed by atoms with Crippen LogP contribution in [0.25, 0.3) is 10.9 Å². The van der Waals surface area contributed by atoms with E-state index in [2.05, 4.69) is 4.98 Å². The van der Waals surface area contributed by atoms with Crippen molar-refractivity contribution >= 4 is 20.7 Å². The van der Waals surface area contributed by atoms with Gasteiger partial charge in [0, 0.05) is 29.0 Å². The van der Waals surface area contributed by atoms with E-state index < -0.39 is 21.3 Å². The van der Waals surface area contributed by atoms with Gasteiger partial charge in [0.15, 0.2) is 5.37 Å². The fourth-order valence-corrected chi connectivity index (χ4v) is 6.06. The Hall–Kier alpha value is -2.96. The van der Waals surface area contributed by atoms with Gasteiger partial charge in [-0.2, -0.15) is 0 Å². The molecule has 1 N–H and O–H groups in total. The number of benzene rings is 2. The number of fused-ring (bicyclic) bond motifs is 1. The maximum absolute atomic E-state index is 13.7. The Labute approximate surface area is 189 Å². The lowest BCUT2D eigenvalue weighted by Crippen LogP contribution is -2.31. The molecule has 2 aromatic carbocycles. The van der Waals surface area contributed by atoms with Crippen molar-refractivity contribution in [2.45, 2.75) is 49.0 Å². The molecule has 0 amide bonds. The number of rotatable bonds is 9. The molecule has 0 bridgehead atoms. The smallest absolute Gasteiger partial charge is 0.202 e. The summed E-state index contributed by atoms with van der Waals surface area (Å²) in [7, 11) is -3.82. The summed E-state index contributed by atoms with van der Waals surface area (Å²) < 4.78 is 29.1. The minimum atomic E-state index is -3.82. The molecule has 6 heteroatoms. The molecule has 32 heavy (non-hydrogen) atoms. The lowest BCUT2D eigenvalue weighted by Gasteiger charge is -2.25. The van der Waals surface area contributed by atoms with E-state index in [0.717, 1.165) is 35.0 Å². The van der Waals surface area contributed by atoms with E-state index in [0.29, 0.717) is 12.8 Å². The highest BCUT2D eigenvalue weighted by molar-refractivity contribution is 7.91. The number of hydrogen-bond acceptors (Lipinski definition) is 4. The van der Waals surface area contributed by atoms with Crippen molar-refractivity contribution in [3.05, 3.63) is 96.4 Å². The van der Waals surface area contributed by atoms with Crippen LogP contribution in [0.3, 0.4) is 0 Å². The SMILES string of the molecule is CCCC(O)C(n1cc(CCc2ccccn2)c2ccccc21)S(=O)(=O)c1ccccc1. The van der Waals surface area contributed by atoms with Crippen molar-refractivity contribution < 1.29 is 13.5 Å². The van der Waals surface area contributed by atoms with Gasteiger partial charge in [0.2, 0.25) is 9.84 Å². The number of hydrogen-bond donors (Lipinski definition) is 1. The molecular weight excluding hydrogens is 420 g/mol. The van der Waals surface area contributed by atoms with Gasteiger partial charge in [-0.25, -0.2) is 8.42 Å². The summed E-state index contributed by atoms with van der Waals surface area (Å²) in [6, 6.07) is 22.0. The first-order valence-corrected chi connectivity index (χ1v) is 12.5. The highest BCUT2D eigenvalue weighted by Gasteiger charge is 2.36. The zero-order valence-electron chi connectivity index (χ0n) is 18.1. The maximum Gasteiger partial charge on any atom is 0.202 e. The third-order valence-electron chi connectivity index (χ3n) is 5.78.